The maximum atomic E-state index is 12.3. The SMILES string of the molecule is COCC(=O)NC[C@]1(O)COCCN(C(=O)c2ncc[nH]2)C1. The molecule has 1 atom stereocenters. The Morgan fingerprint density at radius 3 is 3.14 bits per heavy atom. The van der Waals surface area contributed by atoms with E-state index in [-0.39, 0.29) is 43.9 Å². The van der Waals surface area contributed by atoms with E-state index in [1.165, 1.54) is 18.2 Å². The Morgan fingerprint density at radius 1 is 1.64 bits per heavy atom. The molecule has 2 heterocycles. The van der Waals surface area contributed by atoms with Crippen LogP contribution in [0.3, 0.4) is 0 Å². The molecule has 122 valence electrons. The quantitative estimate of drug-likeness (QED) is 0.601. The number of hydrogen-bond acceptors (Lipinski definition) is 6. The van der Waals surface area contributed by atoms with E-state index in [4.69, 9.17) is 9.47 Å². The van der Waals surface area contributed by atoms with Gasteiger partial charge in [0.2, 0.25) is 5.91 Å². The third kappa shape index (κ3) is 4.26. The maximum Gasteiger partial charge on any atom is 0.289 e. The molecule has 2 rings (SSSR count). The lowest BCUT2D eigenvalue weighted by molar-refractivity contribution is -0.126. The van der Waals surface area contributed by atoms with Gasteiger partial charge in [0.25, 0.3) is 5.91 Å². The molecule has 9 heteroatoms. The molecule has 1 aliphatic heterocycles. The second-order valence-corrected chi connectivity index (χ2v) is 5.15. The highest BCUT2D eigenvalue weighted by molar-refractivity contribution is 5.90. The van der Waals surface area contributed by atoms with Crippen LogP contribution in [0.25, 0.3) is 0 Å². The molecule has 1 saturated heterocycles. The number of nitrogens with one attached hydrogen (secondary N) is 2. The number of aromatic amines is 1. The molecule has 3 N–H and O–H groups in total. The molecular weight excluding hydrogens is 292 g/mol. The Kier molecular flexibility index (Phi) is 5.47. The van der Waals surface area contributed by atoms with E-state index in [1.54, 1.807) is 6.20 Å². The summed E-state index contributed by atoms with van der Waals surface area (Å²) in [5, 5.41) is 13.1. The van der Waals surface area contributed by atoms with Crippen molar-refractivity contribution in [2.24, 2.45) is 0 Å². The predicted molar refractivity (Wildman–Crippen MR) is 75.1 cm³/mol. The first-order valence-corrected chi connectivity index (χ1v) is 6.88. The van der Waals surface area contributed by atoms with Gasteiger partial charge < -0.3 is 29.8 Å². The number of carbonyl (C=O) groups is 2. The first-order valence-electron chi connectivity index (χ1n) is 6.88. The van der Waals surface area contributed by atoms with Crippen molar-refractivity contribution < 1.29 is 24.2 Å². The Labute approximate surface area is 127 Å². The van der Waals surface area contributed by atoms with Crippen LogP contribution in [0.1, 0.15) is 10.6 Å². The van der Waals surface area contributed by atoms with Crippen LogP contribution in [0.5, 0.6) is 0 Å². The summed E-state index contributed by atoms with van der Waals surface area (Å²) < 4.78 is 10.1. The number of methoxy groups -OCH3 is 1. The monoisotopic (exact) mass is 312 g/mol. The lowest BCUT2D eigenvalue weighted by atomic mass is 10.0. The molecule has 9 nitrogen and oxygen atoms in total. The summed E-state index contributed by atoms with van der Waals surface area (Å²) in [6.07, 6.45) is 3.04. The number of carbonyl (C=O) groups excluding carboxylic acids is 2. The van der Waals surface area contributed by atoms with Crippen molar-refractivity contribution in [3.05, 3.63) is 18.2 Å². The van der Waals surface area contributed by atoms with Crippen molar-refractivity contribution in [2.45, 2.75) is 5.60 Å². The summed E-state index contributed by atoms with van der Waals surface area (Å²) in [6, 6.07) is 0. The fraction of sp³-hybridized carbons (Fsp3) is 0.615. The van der Waals surface area contributed by atoms with Gasteiger partial charge in [-0.3, -0.25) is 9.59 Å². The topological polar surface area (TPSA) is 117 Å². The number of nitrogens with zero attached hydrogens (tertiary/aromatic N) is 2. The molecule has 2 amide bonds. The van der Waals surface area contributed by atoms with Crippen molar-refractivity contribution >= 4 is 11.8 Å². The van der Waals surface area contributed by atoms with Crippen LogP contribution in [0.2, 0.25) is 0 Å². The van der Waals surface area contributed by atoms with E-state index < -0.39 is 5.60 Å². The smallest absolute Gasteiger partial charge is 0.289 e. The number of imidazole rings is 1. The number of H-pyrrole nitrogens is 1. The fourth-order valence-corrected chi connectivity index (χ4v) is 2.17. The largest absolute Gasteiger partial charge is 0.384 e. The van der Waals surface area contributed by atoms with Gasteiger partial charge in [0.05, 0.1) is 26.3 Å². The summed E-state index contributed by atoms with van der Waals surface area (Å²) in [5.74, 6) is -0.464. The van der Waals surface area contributed by atoms with E-state index in [2.05, 4.69) is 15.3 Å². The molecule has 1 aromatic heterocycles. The number of amides is 2. The third-order valence-corrected chi connectivity index (χ3v) is 3.24. The molecule has 0 aliphatic carbocycles. The van der Waals surface area contributed by atoms with E-state index in [9.17, 15) is 14.7 Å². The highest BCUT2D eigenvalue weighted by Gasteiger charge is 2.35. The average Bonchev–Trinajstić information content (AvgIpc) is 2.95. The van der Waals surface area contributed by atoms with Crippen molar-refractivity contribution in [3.63, 3.8) is 0 Å². The first kappa shape index (κ1) is 16.4. The highest BCUT2D eigenvalue weighted by atomic mass is 16.5. The van der Waals surface area contributed by atoms with Gasteiger partial charge in [-0.2, -0.15) is 0 Å². The van der Waals surface area contributed by atoms with Gasteiger partial charge in [-0.25, -0.2) is 4.98 Å². The molecule has 0 bridgehead atoms. The Bertz CT molecular complexity index is 507. The van der Waals surface area contributed by atoms with Crippen molar-refractivity contribution in [3.8, 4) is 0 Å². The second kappa shape index (κ2) is 7.34. The van der Waals surface area contributed by atoms with Crippen LogP contribution < -0.4 is 5.32 Å². The fourth-order valence-electron chi connectivity index (χ4n) is 2.17. The number of rotatable bonds is 5. The van der Waals surface area contributed by atoms with Gasteiger partial charge in [0.15, 0.2) is 5.82 Å². The summed E-state index contributed by atoms with van der Waals surface area (Å²) >= 11 is 0. The molecule has 0 aromatic carbocycles. The second-order valence-electron chi connectivity index (χ2n) is 5.15. The zero-order valence-corrected chi connectivity index (χ0v) is 12.4. The molecular formula is C13H20N4O5. The highest BCUT2D eigenvalue weighted by Crippen LogP contribution is 2.13. The van der Waals surface area contributed by atoms with Crippen LogP contribution in [0.4, 0.5) is 0 Å². The number of hydrogen-bond donors (Lipinski definition) is 3. The van der Waals surface area contributed by atoms with Gasteiger partial charge in [0.1, 0.15) is 12.2 Å². The number of β-amino-alcohol motifs (C(OH)–C–C–N with tert-alkyl or cyclic N) is 1. The van der Waals surface area contributed by atoms with Crippen LogP contribution in [-0.4, -0.2) is 84.0 Å². The van der Waals surface area contributed by atoms with Crippen molar-refractivity contribution in [1.29, 1.82) is 0 Å². The molecule has 0 saturated carbocycles. The lowest BCUT2D eigenvalue weighted by Gasteiger charge is -2.30. The minimum absolute atomic E-state index is 0.0300. The molecule has 1 fully saturated rings. The molecule has 1 aromatic rings. The lowest BCUT2D eigenvalue weighted by Crippen LogP contribution is -2.53. The Balaban J connectivity index is 1.99. The minimum atomic E-state index is -1.36. The van der Waals surface area contributed by atoms with Crippen LogP contribution in [0, 0.1) is 0 Å². The van der Waals surface area contributed by atoms with E-state index in [0.717, 1.165) is 0 Å². The molecule has 0 spiro atoms. The normalized spacial score (nSPS) is 22.2. The zero-order chi connectivity index (χ0) is 16.0. The van der Waals surface area contributed by atoms with E-state index >= 15 is 0 Å². The predicted octanol–water partition coefficient (Wildman–Crippen LogP) is -1.62. The van der Waals surface area contributed by atoms with Crippen LogP contribution >= 0.6 is 0 Å². The van der Waals surface area contributed by atoms with Crippen molar-refractivity contribution in [2.75, 3.05) is 46.6 Å². The maximum absolute atomic E-state index is 12.3. The zero-order valence-electron chi connectivity index (χ0n) is 12.4. The minimum Gasteiger partial charge on any atom is -0.384 e. The molecule has 0 radical (unpaired) electrons. The standard InChI is InChI=1S/C13H20N4O5/c1-21-6-10(18)16-7-13(20)8-17(4-5-22-9-13)12(19)11-14-2-3-15-11/h2-3,20H,4-9H2,1H3,(H,14,15)(H,16,18)/t13-/m1/s1. The molecule has 1 aliphatic rings. The van der Waals surface area contributed by atoms with Crippen LogP contribution in [-0.2, 0) is 14.3 Å². The van der Waals surface area contributed by atoms with Gasteiger partial charge in [-0.15, -0.1) is 0 Å². The van der Waals surface area contributed by atoms with Gasteiger partial charge in [-0.05, 0) is 0 Å². The van der Waals surface area contributed by atoms with Crippen molar-refractivity contribution in [1.82, 2.24) is 20.2 Å². The summed E-state index contributed by atoms with van der Waals surface area (Å²) in [5.41, 5.74) is -1.36. The van der Waals surface area contributed by atoms with E-state index in [1.807, 2.05) is 0 Å². The van der Waals surface area contributed by atoms with Gasteiger partial charge in [-0.1, -0.05) is 0 Å². The van der Waals surface area contributed by atoms with E-state index in [0.29, 0.717) is 13.2 Å². The van der Waals surface area contributed by atoms with Gasteiger partial charge in [0, 0.05) is 26.0 Å². The third-order valence-electron chi connectivity index (χ3n) is 3.24. The summed E-state index contributed by atoms with van der Waals surface area (Å²) in [7, 11) is 1.41. The Hall–Kier alpha value is -1.97. The van der Waals surface area contributed by atoms with Gasteiger partial charge >= 0.3 is 0 Å². The number of ether oxygens (including phenoxy) is 2. The summed E-state index contributed by atoms with van der Waals surface area (Å²) in [4.78, 5) is 31.8. The Morgan fingerprint density at radius 2 is 2.45 bits per heavy atom. The number of aromatic nitrogens is 2. The first-order chi connectivity index (χ1) is 10.5. The number of aliphatic hydroxyl groups is 1. The average molecular weight is 312 g/mol. The molecule has 22 heavy (non-hydrogen) atoms. The molecule has 0 unspecified atom stereocenters. The van der Waals surface area contributed by atoms with Crippen LogP contribution in [0.15, 0.2) is 12.4 Å². The summed E-state index contributed by atoms with van der Waals surface area (Å²) in [6.45, 7) is 0.597.